The van der Waals surface area contributed by atoms with Crippen LogP contribution in [0.1, 0.15) is 109 Å². The Kier molecular flexibility index (Phi) is 16.3. The number of rotatable bonds is 10. The molecule has 407 valence electrons. The van der Waals surface area contributed by atoms with E-state index in [1.807, 2.05) is 48.1 Å². The van der Waals surface area contributed by atoms with Crippen LogP contribution in [0.5, 0.6) is 0 Å². The third-order valence-corrected chi connectivity index (χ3v) is 18.1. The molecular formula is C57H77N10O7SSi. The molecule has 5 aliphatic rings. The first-order chi connectivity index (χ1) is 36.2. The number of fused-ring (bicyclic) bond motifs is 6. The zero-order chi connectivity index (χ0) is 54.3. The molecule has 5 aliphatic heterocycles. The number of urea groups is 1. The summed E-state index contributed by atoms with van der Waals surface area (Å²) in [7, 11) is 9.30. The van der Waals surface area contributed by atoms with Crippen molar-refractivity contribution in [2.75, 3.05) is 67.1 Å². The molecule has 4 saturated heterocycles. The first-order valence-electron chi connectivity index (χ1n) is 27.3. The van der Waals surface area contributed by atoms with Gasteiger partial charge in [-0.2, -0.15) is 0 Å². The fraction of sp³-hybridized carbons (Fsp3) is 0.596. The zero-order valence-electron chi connectivity index (χ0n) is 45.9. The number of likely N-dealkylation sites (N-methyl/N-ethyl adjacent to an activating group) is 2. The number of pyridine rings is 1. The number of aromatic nitrogens is 3. The van der Waals surface area contributed by atoms with Crippen LogP contribution in [0, 0.1) is 16.7 Å². The van der Waals surface area contributed by atoms with Crippen molar-refractivity contribution in [3.63, 3.8) is 0 Å². The summed E-state index contributed by atoms with van der Waals surface area (Å²) in [5, 5.41) is 6.35. The molecule has 5 amide bonds. The van der Waals surface area contributed by atoms with Crippen molar-refractivity contribution in [1.82, 2.24) is 49.9 Å². The van der Waals surface area contributed by atoms with E-state index in [9.17, 15) is 19.2 Å². The summed E-state index contributed by atoms with van der Waals surface area (Å²) in [4.78, 5) is 89.3. The molecule has 19 heteroatoms. The highest BCUT2D eigenvalue weighted by Gasteiger charge is 2.47. The number of ether oxygens (including phenoxy) is 2. The van der Waals surface area contributed by atoms with Crippen LogP contribution in [0.3, 0.4) is 0 Å². The van der Waals surface area contributed by atoms with Crippen molar-refractivity contribution >= 4 is 62.2 Å². The normalized spacial score (nSPS) is 24.1. The van der Waals surface area contributed by atoms with E-state index >= 15 is 4.79 Å². The Bertz CT molecular complexity index is 2860. The summed E-state index contributed by atoms with van der Waals surface area (Å²) in [5.41, 5.74) is 9.18. The second-order valence-electron chi connectivity index (χ2n) is 23.2. The largest absolute Gasteiger partial charge is 0.464 e. The first kappa shape index (κ1) is 55.3. The minimum atomic E-state index is -1.74. The molecule has 3 radical (unpaired) electrons. The van der Waals surface area contributed by atoms with Crippen LogP contribution in [0.4, 0.5) is 4.79 Å². The second kappa shape index (κ2) is 22.5. The van der Waals surface area contributed by atoms with Gasteiger partial charge in [-0.05, 0) is 120 Å². The summed E-state index contributed by atoms with van der Waals surface area (Å²) in [6.45, 7) is 16.6. The quantitative estimate of drug-likeness (QED) is 0.0979. The van der Waals surface area contributed by atoms with E-state index in [4.69, 9.17) is 19.4 Å². The molecule has 76 heavy (non-hydrogen) atoms. The molecule has 0 unspecified atom stereocenters. The summed E-state index contributed by atoms with van der Waals surface area (Å²) in [6, 6.07) is 8.70. The number of amides is 5. The zero-order valence-corrected chi connectivity index (χ0v) is 47.8. The van der Waals surface area contributed by atoms with Crippen LogP contribution >= 0.6 is 11.3 Å². The lowest BCUT2D eigenvalue weighted by Crippen LogP contribution is -2.69. The Labute approximate surface area is 455 Å². The van der Waals surface area contributed by atoms with Crippen molar-refractivity contribution < 1.29 is 33.4 Å². The number of carbonyl (C=O) groups is 5. The van der Waals surface area contributed by atoms with Gasteiger partial charge in [0.25, 0.3) is 5.91 Å². The predicted octanol–water partition coefficient (Wildman–Crippen LogP) is 6.74. The topological polar surface area (TPSA) is 175 Å². The number of aryl methyl sites for hydroxylation is 1. The van der Waals surface area contributed by atoms with Crippen molar-refractivity contribution in [1.29, 1.82) is 0 Å². The number of hydrogen-bond acceptors (Lipinski definition) is 12. The van der Waals surface area contributed by atoms with E-state index in [2.05, 4.69) is 82.5 Å². The summed E-state index contributed by atoms with van der Waals surface area (Å²) in [5.74, 6) is -1.76. The van der Waals surface area contributed by atoms with E-state index in [-0.39, 0.29) is 48.9 Å². The number of benzene rings is 1. The molecular weight excluding hydrogens is 997 g/mol. The van der Waals surface area contributed by atoms with Gasteiger partial charge in [-0.25, -0.2) is 15.2 Å². The Balaban J connectivity index is 0.981. The Hall–Kier alpha value is -5.47. The lowest BCUT2D eigenvalue weighted by atomic mass is 9.78. The van der Waals surface area contributed by atoms with E-state index in [0.29, 0.717) is 63.0 Å². The maximum absolute atomic E-state index is 15.1. The molecule has 3 aromatic heterocycles. The number of hydrogen-bond donors (Lipinski definition) is 2. The molecule has 1 spiro atoms. The fourth-order valence-electron chi connectivity index (χ4n) is 12.3. The number of piperidine rings is 1. The number of nitrogens with one attached hydrogen (secondary N) is 2. The molecule has 1 aromatic carbocycles. The highest BCUT2D eigenvalue weighted by molar-refractivity contribution is 7.10. The number of thiazole rings is 1. The SMILES string of the molecule is CCn1c(-c2cccnc2[C@H](C)OC)c2c3cc(ccc31)-c1csc(n1)C[C@]([Si])(NC(=O)[C@H](C(C)C)N(C)C(=O)N1CCC3(CCN(C(=O)/C=C/[C@H]4CCCN4C)C3)CC1)C(=O)N1CCC[C@H](N1)C(=O)OCC(C)(C)C2. The van der Waals surface area contributed by atoms with E-state index in [1.54, 1.807) is 26.4 Å². The van der Waals surface area contributed by atoms with Gasteiger partial charge in [0.05, 0.1) is 45.0 Å². The van der Waals surface area contributed by atoms with Gasteiger partial charge in [0.15, 0.2) is 0 Å². The van der Waals surface area contributed by atoms with Crippen molar-refractivity contribution in [2.24, 2.45) is 16.7 Å². The third-order valence-electron chi connectivity index (χ3n) is 16.8. The van der Waals surface area contributed by atoms with Crippen molar-refractivity contribution in [2.45, 2.75) is 135 Å². The van der Waals surface area contributed by atoms with Crippen LogP contribution in [0.2, 0.25) is 0 Å². The molecule has 17 nitrogen and oxygen atoms in total. The summed E-state index contributed by atoms with van der Waals surface area (Å²) < 4.78 is 14.3. The molecule has 5 atom stereocenters. The molecule has 8 heterocycles. The van der Waals surface area contributed by atoms with Gasteiger partial charge in [0.1, 0.15) is 17.2 Å². The summed E-state index contributed by atoms with van der Waals surface area (Å²) in [6.07, 6.45) is 11.5. The minimum Gasteiger partial charge on any atom is -0.464 e. The number of esters is 1. The summed E-state index contributed by atoms with van der Waals surface area (Å²) >= 11 is 1.39. The number of methoxy groups -OCH3 is 1. The Morgan fingerprint density at radius 1 is 1.03 bits per heavy atom. The fourth-order valence-corrected chi connectivity index (χ4v) is 13.8. The molecule has 4 fully saturated rings. The monoisotopic (exact) mass is 1070 g/mol. The number of likely N-dealkylation sites (tertiary alicyclic amines) is 3. The van der Waals surface area contributed by atoms with Gasteiger partial charge in [-0.3, -0.25) is 34.1 Å². The van der Waals surface area contributed by atoms with E-state index < -0.39 is 40.4 Å². The van der Waals surface area contributed by atoms with Crippen LogP contribution < -0.4 is 10.7 Å². The maximum Gasteiger partial charge on any atom is 0.324 e. The molecule has 2 N–H and O–H groups in total. The van der Waals surface area contributed by atoms with Gasteiger partial charge >= 0.3 is 12.0 Å². The number of nitrogens with zero attached hydrogens (tertiary/aromatic N) is 8. The average Bonchev–Trinajstić information content (AvgIpc) is 4.28. The second-order valence-corrected chi connectivity index (χ2v) is 25.0. The van der Waals surface area contributed by atoms with E-state index in [1.165, 1.54) is 21.2 Å². The van der Waals surface area contributed by atoms with Crippen LogP contribution in [-0.4, -0.2) is 169 Å². The van der Waals surface area contributed by atoms with Gasteiger partial charge in [0, 0.05) is 111 Å². The lowest BCUT2D eigenvalue weighted by Gasteiger charge is -2.43. The van der Waals surface area contributed by atoms with Gasteiger partial charge in [-0.15, -0.1) is 11.3 Å². The molecule has 9 rings (SSSR count). The van der Waals surface area contributed by atoms with Crippen molar-refractivity contribution in [3.05, 3.63) is 70.3 Å². The molecule has 4 aromatic rings. The highest BCUT2D eigenvalue weighted by Crippen LogP contribution is 2.43. The maximum atomic E-state index is 15.1. The number of carbonyl (C=O) groups excluding carboxylic acids is 5. The van der Waals surface area contributed by atoms with Gasteiger partial charge < -0.3 is 34.1 Å². The smallest absolute Gasteiger partial charge is 0.324 e. The highest BCUT2D eigenvalue weighted by atomic mass is 32.1. The van der Waals surface area contributed by atoms with Gasteiger partial charge in [-0.1, -0.05) is 39.8 Å². The Morgan fingerprint density at radius 3 is 2.46 bits per heavy atom. The number of cyclic esters (lactones) is 1. The van der Waals surface area contributed by atoms with Crippen molar-refractivity contribution in [3.8, 4) is 22.5 Å². The molecule has 0 saturated carbocycles. The van der Waals surface area contributed by atoms with Crippen LogP contribution in [0.15, 0.2) is 54.1 Å². The third kappa shape index (κ3) is 11.3. The standard InChI is InChI=1S/C57H77N10O7SSi/c1-10-66-45-19-17-38-30-41(45)42(50(66)40-15-11-24-58-48(40)37(4)73-9)31-55(5,6)35-74-52(70)43-16-13-26-67(61-43)53(71)57(76,32-46-59-44(38)33-75-46)60-51(69)49(36(2)3)63(8)54(72)64-27-21-56(22-28-64)23-29-65(34-56)47(68)20-18-39-14-12-25-62(39)7/h11,15,17-20,24,30,33,36-37,39,43,49,61H,10,12-14,16,21-23,25-29,31-32,34-35H2,1-9H3,(H,60,69)/b20-18+/t37-,39+,43-,49-,57+/m0/s1. The Morgan fingerprint density at radius 2 is 1.76 bits per heavy atom. The number of hydrazine groups is 1. The minimum absolute atomic E-state index is 0.0322. The predicted molar refractivity (Wildman–Crippen MR) is 295 cm³/mol. The first-order valence-corrected chi connectivity index (χ1v) is 28.7. The lowest BCUT2D eigenvalue weighted by molar-refractivity contribution is -0.156. The molecule has 0 aliphatic carbocycles. The van der Waals surface area contributed by atoms with E-state index in [0.717, 1.165) is 83.3 Å². The van der Waals surface area contributed by atoms with Gasteiger partial charge in [0.2, 0.25) is 11.8 Å². The van der Waals surface area contributed by atoms with Crippen LogP contribution in [0.25, 0.3) is 33.4 Å². The molecule has 6 bridgehead atoms. The average molecular weight is 1070 g/mol. The van der Waals surface area contributed by atoms with Crippen LogP contribution in [-0.2, 0) is 48.0 Å².